The van der Waals surface area contributed by atoms with Gasteiger partial charge in [0, 0.05) is 16.3 Å². The van der Waals surface area contributed by atoms with Crippen molar-refractivity contribution >= 4 is 27.3 Å². The molecule has 18 heavy (non-hydrogen) atoms. The minimum Gasteiger partial charge on any atom is -0.493 e. The first-order valence-corrected chi connectivity index (χ1v) is 7.55. The number of hydrogen-bond acceptors (Lipinski definition) is 4. The highest BCUT2D eigenvalue weighted by Gasteiger charge is 2.20. The van der Waals surface area contributed by atoms with Crippen molar-refractivity contribution < 1.29 is 4.74 Å². The van der Waals surface area contributed by atoms with Crippen LogP contribution >= 0.6 is 27.3 Å². The number of thiazole rings is 1. The van der Waals surface area contributed by atoms with Gasteiger partial charge < -0.3 is 10.5 Å². The molecule has 2 N–H and O–H groups in total. The van der Waals surface area contributed by atoms with Crippen LogP contribution in [-0.4, -0.2) is 11.6 Å². The standard InChI is InChI=1S/C13H13BrN2OS/c14-10-3-8-1-2-17-13(8)9(4-10)5-11(15)12-6-18-7-16-12/h3-4,6-7,11H,1-2,5,15H2. The smallest absolute Gasteiger partial charge is 0.125 e. The molecule has 1 unspecified atom stereocenters. The zero-order valence-corrected chi connectivity index (χ0v) is 12.1. The summed E-state index contributed by atoms with van der Waals surface area (Å²) in [6.07, 6.45) is 1.74. The molecular weight excluding hydrogens is 312 g/mol. The molecule has 0 fully saturated rings. The van der Waals surface area contributed by atoms with Crippen molar-refractivity contribution in [2.24, 2.45) is 5.73 Å². The van der Waals surface area contributed by atoms with E-state index in [-0.39, 0.29) is 6.04 Å². The number of rotatable bonds is 3. The number of benzene rings is 1. The van der Waals surface area contributed by atoms with E-state index < -0.39 is 0 Å². The lowest BCUT2D eigenvalue weighted by molar-refractivity contribution is 0.352. The Balaban J connectivity index is 1.89. The largest absolute Gasteiger partial charge is 0.493 e. The SMILES string of the molecule is NC(Cc1cc(Br)cc2c1OCC2)c1cscn1. The van der Waals surface area contributed by atoms with E-state index in [1.165, 1.54) is 5.56 Å². The molecule has 0 saturated heterocycles. The van der Waals surface area contributed by atoms with E-state index in [0.29, 0.717) is 0 Å². The molecule has 5 heteroatoms. The minimum absolute atomic E-state index is 0.0705. The number of nitrogens with two attached hydrogens (primary N) is 1. The van der Waals surface area contributed by atoms with Crippen LogP contribution in [0.1, 0.15) is 22.9 Å². The summed E-state index contributed by atoms with van der Waals surface area (Å²) in [5.41, 5.74) is 11.4. The summed E-state index contributed by atoms with van der Waals surface area (Å²) >= 11 is 5.12. The first kappa shape index (κ1) is 12.1. The van der Waals surface area contributed by atoms with Gasteiger partial charge in [-0.05, 0) is 29.7 Å². The van der Waals surface area contributed by atoms with Crippen molar-refractivity contribution in [3.05, 3.63) is 44.3 Å². The van der Waals surface area contributed by atoms with Crippen LogP contribution in [-0.2, 0) is 12.8 Å². The fraction of sp³-hybridized carbons (Fsp3) is 0.308. The second kappa shape index (κ2) is 4.99. The summed E-state index contributed by atoms with van der Waals surface area (Å²) in [4.78, 5) is 4.27. The van der Waals surface area contributed by atoms with Crippen LogP contribution in [0.4, 0.5) is 0 Å². The average molecular weight is 325 g/mol. The predicted octanol–water partition coefficient (Wildman–Crippen LogP) is 3.08. The molecule has 1 atom stereocenters. The van der Waals surface area contributed by atoms with Crippen molar-refractivity contribution in [2.75, 3.05) is 6.61 Å². The van der Waals surface area contributed by atoms with Gasteiger partial charge in [-0.2, -0.15) is 0 Å². The van der Waals surface area contributed by atoms with Gasteiger partial charge in [0.1, 0.15) is 5.75 Å². The van der Waals surface area contributed by atoms with E-state index in [0.717, 1.165) is 40.9 Å². The third-order valence-corrected chi connectivity index (χ3v) is 4.16. The van der Waals surface area contributed by atoms with Crippen LogP contribution < -0.4 is 10.5 Å². The zero-order valence-electron chi connectivity index (χ0n) is 9.73. The normalized spacial score (nSPS) is 15.2. The lowest BCUT2D eigenvalue weighted by atomic mass is 10.0. The average Bonchev–Trinajstić information content (AvgIpc) is 2.98. The maximum atomic E-state index is 6.19. The molecule has 0 spiro atoms. The van der Waals surface area contributed by atoms with Gasteiger partial charge in [0.15, 0.2) is 0 Å². The third-order valence-electron chi connectivity index (χ3n) is 3.10. The molecule has 94 valence electrons. The van der Waals surface area contributed by atoms with E-state index in [1.54, 1.807) is 11.3 Å². The zero-order chi connectivity index (χ0) is 12.5. The van der Waals surface area contributed by atoms with Crippen molar-refractivity contribution in [3.8, 4) is 5.75 Å². The molecule has 0 aliphatic carbocycles. The molecule has 1 aliphatic heterocycles. The lowest BCUT2D eigenvalue weighted by Crippen LogP contribution is -2.14. The fourth-order valence-electron chi connectivity index (χ4n) is 2.24. The minimum atomic E-state index is -0.0705. The highest BCUT2D eigenvalue weighted by atomic mass is 79.9. The highest BCUT2D eigenvalue weighted by Crippen LogP contribution is 2.34. The summed E-state index contributed by atoms with van der Waals surface area (Å²) in [5, 5.41) is 2.00. The van der Waals surface area contributed by atoms with Gasteiger partial charge in [-0.1, -0.05) is 15.9 Å². The Morgan fingerprint density at radius 3 is 3.17 bits per heavy atom. The molecular formula is C13H13BrN2OS. The number of ether oxygens (including phenoxy) is 1. The summed E-state index contributed by atoms with van der Waals surface area (Å²) < 4.78 is 6.80. The molecule has 3 nitrogen and oxygen atoms in total. The van der Waals surface area contributed by atoms with Crippen LogP contribution in [0.25, 0.3) is 0 Å². The van der Waals surface area contributed by atoms with Gasteiger partial charge in [0.25, 0.3) is 0 Å². The Bertz CT molecular complexity index is 556. The van der Waals surface area contributed by atoms with E-state index in [1.807, 2.05) is 10.9 Å². The fourth-order valence-corrected chi connectivity index (χ4v) is 3.42. The number of nitrogens with zero attached hydrogens (tertiary/aromatic N) is 1. The van der Waals surface area contributed by atoms with Crippen molar-refractivity contribution in [1.29, 1.82) is 0 Å². The van der Waals surface area contributed by atoms with Crippen LogP contribution in [0.5, 0.6) is 5.75 Å². The molecule has 0 bridgehead atoms. The Labute approximate surface area is 118 Å². The number of fused-ring (bicyclic) bond motifs is 1. The molecule has 3 rings (SSSR count). The molecule has 2 heterocycles. The second-order valence-corrected chi connectivity index (χ2v) is 6.01. The number of hydrogen-bond donors (Lipinski definition) is 1. The number of aromatic nitrogens is 1. The lowest BCUT2D eigenvalue weighted by Gasteiger charge is -2.13. The Kier molecular flexibility index (Phi) is 3.37. The van der Waals surface area contributed by atoms with Gasteiger partial charge >= 0.3 is 0 Å². The van der Waals surface area contributed by atoms with Crippen LogP contribution in [0.2, 0.25) is 0 Å². The predicted molar refractivity (Wildman–Crippen MR) is 76.1 cm³/mol. The third kappa shape index (κ3) is 2.30. The van der Waals surface area contributed by atoms with Crippen molar-refractivity contribution in [2.45, 2.75) is 18.9 Å². The van der Waals surface area contributed by atoms with E-state index in [2.05, 4.69) is 33.0 Å². The van der Waals surface area contributed by atoms with Gasteiger partial charge in [0.2, 0.25) is 0 Å². The molecule has 1 aromatic heterocycles. The quantitative estimate of drug-likeness (QED) is 0.943. The molecule has 2 aromatic rings. The van der Waals surface area contributed by atoms with Gasteiger partial charge in [-0.3, -0.25) is 0 Å². The van der Waals surface area contributed by atoms with E-state index in [9.17, 15) is 0 Å². The van der Waals surface area contributed by atoms with E-state index in [4.69, 9.17) is 10.5 Å². The van der Waals surface area contributed by atoms with E-state index >= 15 is 0 Å². The summed E-state index contributed by atoms with van der Waals surface area (Å²) in [5.74, 6) is 1.02. The Morgan fingerprint density at radius 1 is 1.50 bits per heavy atom. The Morgan fingerprint density at radius 2 is 2.39 bits per heavy atom. The number of halogens is 1. The van der Waals surface area contributed by atoms with Gasteiger partial charge in [0.05, 0.1) is 23.9 Å². The first-order chi connectivity index (χ1) is 8.74. The van der Waals surface area contributed by atoms with Gasteiger partial charge in [-0.15, -0.1) is 11.3 Å². The monoisotopic (exact) mass is 324 g/mol. The van der Waals surface area contributed by atoms with Crippen LogP contribution in [0, 0.1) is 0 Å². The molecule has 1 aliphatic rings. The molecule has 0 amide bonds. The highest BCUT2D eigenvalue weighted by molar-refractivity contribution is 9.10. The summed E-state index contributed by atoms with van der Waals surface area (Å²) in [7, 11) is 0. The summed E-state index contributed by atoms with van der Waals surface area (Å²) in [6, 6.07) is 4.15. The molecule has 0 radical (unpaired) electrons. The topological polar surface area (TPSA) is 48.1 Å². The Hall–Kier alpha value is -0.910. The maximum Gasteiger partial charge on any atom is 0.125 e. The first-order valence-electron chi connectivity index (χ1n) is 5.82. The van der Waals surface area contributed by atoms with Crippen LogP contribution in [0.3, 0.4) is 0 Å². The summed E-state index contributed by atoms with van der Waals surface area (Å²) in [6.45, 7) is 0.769. The van der Waals surface area contributed by atoms with Crippen molar-refractivity contribution in [1.82, 2.24) is 4.98 Å². The maximum absolute atomic E-state index is 6.19. The molecule has 1 aromatic carbocycles. The second-order valence-electron chi connectivity index (χ2n) is 4.38. The van der Waals surface area contributed by atoms with Crippen LogP contribution in [0.15, 0.2) is 27.5 Å². The molecule has 0 saturated carbocycles. The van der Waals surface area contributed by atoms with Gasteiger partial charge in [-0.25, -0.2) is 4.98 Å². The van der Waals surface area contributed by atoms with Crippen molar-refractivity contribution in [3.63, 3.8) is 0 Å².